The summed E-state index contributed by atoms with van der Waals surface area (Å²) >= 11 is 1.59. The Labute approximate surface area is 178 Å². The molecule has 0 radical (unpaired) electrons. The van der Waals surface area contributed by atoms with Crippen LogP contribution in [-0.4, -0.2) is 20.2 Å². The van der Waals surface area contributed by atoms with Gasteiger partial charge in [0.25, 0.3) is 0 Å². The number of nitrogens with one attached hydrogen (secondary N) is 2. The van der Waals surface area contributed by atoms with Gasteiger partial charge in [-0.2, -0.15) is 5.10 Å². The molecule has 6 rings (SSSR count). The molecule has 0 saturated heterocycles. The summed E-state index contributed by atoms with van der Waals surface area (Å²) in [4.78, 5) is 10.8. The molecule has 3 aromatic carbocycles. The second kappa shape index (κ2) is 7.15. The van der Waals surface area contributed by atoms with E-state index in [1.807, 2.05) is 24.3 Å². The van der Waals surface area contributed by atoms with Gasteiger partial charge in [0, 0.05) is 28.0 Å². The van der Waals surface area contributed by atoms with Crippen LogP contribution >= 0.6 is 11.8 Å². The van der Waals surface area contributed by atoms with Crippen molar-refractivity contribution in [2.75, 3.05) is 5.32 Å². The number of fused-ring (bicyclic) bond motifs is 2. The normalized spacial score (nSPS) is 13.7. The summed E-state index contributed by atoms with van der Waals surface area (Å²) in [5.74, 6) is 2.20. The number of nitrogens with zero attached hydrogens (tertiary/aromatic N) is 3. The van der Waals surface area contributed by atoms with Crippen molar-refractivity contribution in [3.8, 4) is 0 Å². The third-order valence-electron chi connectivity index (χ3n) is 5.39. The van der Waals surface area contributed by atoms with E-state index in [1.54, 1.807) is 11.8 Å². The molecule has 0 atom stereocenters. The third-order valence-corrected chi connectivity index (χ3v) is 6.34. The van der Waals surface area contributed by atoms with Crippen molar-refractivity contribution in [1.82, 2.24) is 20.2 Å². The Kier molecular flexibility index (Phi) is 4.16. The van der Waals surface area contributed by atoms with Crippen molar-refractivity contribution in [1.29, 1.82) is 0 Å². The average Bonchev–Trinajstić information content (AvgIpc) is 3.53. The van der Waals surface area contributed by atoms with Crippen LogP contribution in [0.2, 0.25) is 0 Å². The molecule has 1 saturated carbocycles. The lowest BCUT2D eigenvalue weighted by Crippen LogP contribution is -1.99. The van der Waals surface area contributed by atoms with Crippen LogP contribution in [0.5, 0.6) is 0 Å². The molecule has 1 aliphatic carbocycles. The van der Waals surface area contributed by atoms with Gasteiger partial charge in [0.05, 0.1) is 5.52 Å². The van der Waals surface area contributed by atoms with Crippen molar-refractivity contribution < 1.29 is 0 Å². The summed E-state index contributed by atoms with van der Waals surface area (Å²) < 4.78 is 0. The van der Waals surface area contributed by atoms with Gasteiger partial charge in [-0.1, -0.05) is 48.5 Å². The van der Waals surface area contributed by atoms with Crippen molar-refractivity contribution in [2.45, 2.75) is 28.8 Å². The highest BCUT2D eigenvalue weighted by Crippen LogP contribution is 2.40. The second-order valence-electron chi connectivity index (χ2n) is 7.56. The monoisotopic (exact) mass is 409 g/mol. The molecule has 0 amide bonds. The van der Waals surface area contributed by atoms with Gasteiger partial charge in [0.1, 0.15) is 5.82 Å². The summed E-state index contributed by atoms with van der Waals surface area (Å²) in [6.07, 6.45) is 2.48. The van der Waals surface area contributed by atoms with Gasteiger partial charge >= 0.3 is 0 Å². The van der Waals surface area contributed by atoms with Crippen LogP contribution in [0.1, 0.15) is 24.5 Å². The molecule has 2 N–H and O–H groups in total. The van der Waals surface area contributed by atoms with Crippen molar-refractivity contribution in [3.05, 3.63) is 78.5 Å². The number of rotatable bonds is 5. The molecule has 1 aliphatic rings. The van der Waals surface area contributed by atoms with E-state index in [2.05, 4.69) is 64.0 Å². The topological polar surface area (TPSA) is 66.5 Å². The summed E-state index contributed by atoms with van der Waals surface area (Å²) in [7, 11) is 0. The minimum Gasteiger partial charge on any atom is -0.323 e. The van der Waals surface area contributed by atoms with Gasteiger partial charge in [-0.25, -0.2) is 9.97 Å². The zero-order chi connectivity index (χ0) is 19.9. The molecule has 6 heteroatoms. The lowest BCUT2D eigenvalue weighted by molar-refractivity contribution is 0.964. The summed E-state index contributed by atoms with van der Waals surface area (Å²) in [5, 5.41) is 15.1. The Morgan fingerprint density at radius 1 is 0.867 bits per heavy atom. The van der Waals surface area contributed by atoms with E-state index in [0.29, 0.717) is 11.1 Å². The van der Waals surface area contributed by atoms with Crippen LogP contribution in [0.4, 0.5) is 11.6 Å². The molecule has 0 unspecified atom stereocenters. The van der Waals surface area contributed by atoms with Crippen LogP contribution in [0.3, 0.4) is 0 Å². The Balaban J connectivity index is 1.40. The van der Waals surface area contributed by atoms with Gasteiger partial charge < -0.3 is 5.32 Å². The Morgan fingerprint density at radius 3 is 2.57 bits per heavy atom. The quantitative estimate of drug-likeness (QED) is 0.335. The van der Waals surface area contributed by atoms with Crippen LogP contribution < -0.4 is 5.32 Å². The predicted octanol–water partition coefficient (Wildman–Crippen LogP) is 6.28. The summed E-state index contributed by atoms with van der Waals surface area (Å²) in [6, 6.07) is 24.9. The third kappa shape index (κ3) is 3.29. The zero-order valence-corrected chi connectivity index (χ0v) is 17.0. The van der Waals surface area contributed by atoms with Crippen molar-refractivity contribution in [3.63, 3.8) is 0 Å². The minimum absolute atomic E-state index is 0.632. The molecule has 0 spiro atoms. The standard InChI is InChI=1S/C24H19N5S/c1-2-8-17-15(6-1)7-5-11-21(17)30-24-25-19-10-4-3-9-18(19)23(27-24)26-22-14-20(28-29-22)16-12-13-16/h1-11,14,16H,12-13H2,(H2,25,26,27,28,29). The largest absolute Gasteiger partial charge is 0.323 e. The van der Waals surface area contributed by atoms with E-state index in [0.717, 1.165) is 27.4 Å². The SMILES string of the molecule is c1ccc2c(Sc3nc(Nc4cc(C5CC5)[nH]n4)c4ccccc4n3)cccc2c1. The van der Waals surface area contributed by atoms with Gasteiger partial charge in [0.2, 0.25) is 0 Å². The van der Waals surface area contributed by atoms with Crippen LogP contribution in [0.15, 0.2) is 82.8 Å². The number of hydrogen-bond acceptors (Lipinski definition) is 5. The first-order chi connectivity index (χ1) is 14.8. The smallest absolute Gasteiger partial charge is 0.195 e. The molecule has 1 fully saturated rings. The Bertz CT molecular complexity index is 1370. The van der Waals surface area contributed by atoms with E-state index in [9.17, 15) is 0 Å². The number of hydrogen-bond donors (Lipinski definition) is 2. The number of para-hydroxylation sites is 1. The van der Waals surface area contributed by atoms with Crippen LogP contribution in [-0.2, 0) is 0 Å². The van der Waals surface area contributed by atoms with E-state index in [1.165, 1.54) is 29.3 Å². The maximum absolute atomic E-state index is 4.85. The number of aromatic nitrogens is 4. The summed E-state index contributed by atoms with van der Waals surface area (Å²) in [6.45, 7) is 0. The molecule has 5 aromatic rings. The maximum Gasteiger partial charge on any atom is 0.195 e. The molecule has 30 heavy (non-hydrogen) atoms. The molecule has 0 aliphatic heterocycles. The molecule has 2 heterocycles. The molecule has 0 bridgehead atoms. The van der Waals surface area contributed by atoms with Crippen molar-refractivity contribution in [2.24, 2.45) is 0 Å². The predicted molar refractivity (Wildman–Crippen MR) is 121 cm³/mol. The van der Waals surface area contributed by atoms with E-state index < -0.39 is 0 Å². The van der Waals surface area contributed by atoms with Crippen LogP contribution in [0, 0.1) is 0 Å². The molecule has 146 valence electrons. The molecular weight excluding hydrogens is 390 g/mol. The number of benzene rings is 3. The van der Waals surface area contributed by atoms with Gasteiger partial charge in [-0.05, 0) is 53.6 Å². The first-order valence-corrected chi connectivity index (χ1v) is 10.9. The first kappa shape index (κ1) is 17.5. The fraction of sp³-hybridized carbons (Fsp3) is 0.125. The molecule has 5 nitrogen and oxygen atoms in total. The second-order valence-corrected chi connectivity index (χ2v) is 8.57. The molecular formula is C24H19N5S. The van der Waals surface area contributed by atoms with Gasteiger partial charge in [0.15, 0.2) is 11.0 Å². The van der Waals surface area contributed by atoms with E-state index in [-0.39, 0.29) is 0 Å². The lowest BCUT2D eigenvalue weighted by atomic mass is 10.1. The Hall–Kier alpha value is -3.38. The average molecular weight is 410 g/mol. The van der Waals surface area contributed by atoms with Gasteiger partial charge in [-0.3, -0.25) is 5.10 Å². The summed E-state index contributed by atoms with van der Waals surface area (Å²) in [5.41, 5.74) is 2.11. The number of aromatic amines is 1. The van der Waals surface area contributed by atoms with Crippen molar-refractivity contribution >= 4 is 45.1 Å². The fourth-order valence-corrected chi connectivity index (χ4v) is 4.62. The fourth-order valence-electron chi connectivity index (χ4n) is 3.70. The Morgan fingerprint density at radius 2 is 1.67 bits per heavy atom. The highest BCUT2D eigenvalue weighted by atomic mass is 32.2. The first-order valence-electron chi connectivity index (χ1n) is 10.1. The number of H-pyrrole nitrogens is 1. The number of anilines is 2. The highest BCUT2D eigenvalue weighted by Gasteiger charge is 2.25. The minimum atomic E-state index is 0.632. The van der Waals surface area contributed by atoms with E-state index in [4.69, 9.17) is 9.97 Å². The maximum atomic E-state index is 4.85. The van der Waals surface area contributed by atoms with E-state index >= 15 is 0 Å². The molecule has 2 aromatic heterocycles. The van der Waals surface area contributed by atoms with Crippen LogP contribution in [0.25, 0.3) is 21.7 Å². The highest BCUT2D eigenvalue weighted by molar-refractivity contribution is 7.99. The lowest BCUT2D eigenvalue weighted by Gasteiger charge is -2.10. The van der Waals surface area contributed by atoms with Gasteiger partial charge in [-0.15, -0.1) is 0 Å². The zero-order valence-electron chi connectivity index (χ0n) is 16.2.